The van der Waals surface area contributed by atoms with Crippen LogP contribution in [0.5, 0.6) is 5.75 Å². The summed E-state index contributed by atoms with van der Waals surface area (Å²) < 4.78 is 43.1. The van der Waals surface area contributed by atoms with E-state index in [1.54, 1.807) is 6.07 Å². The second-order valence-electron chi connectivity index (χ2n) is 4.25. The topological polar surface area (TPSA) is 38.3 Å². The number of ether oxygens (including phenoxy) is 1. The molecule has 0 bridgehead atoms. The van der Waals surface area contributed by atoms with Crippen molar-refractivity contribution in [1.82, 2.24) is 5.32 Å². The van der Waals surface area contributed by atoms with Crippen molar-refractivity contribution in [3.8, 4) is 5.75 Å². The molecular formula is C12H11BrF3NO2. The minimum atomic E-state index is -4.47. The van der Waals surface area contributed by atoms with E-state index in [9.17, 15) is 18.0 Å². The van der Waals surface area contributed by atoms with Gasteiger partial charge in [0.2, 0.25) is 0 Å². The molecule has 1 aliphatic heterocycles. The minimum Gasteiger partial charge on any atom is -0.480 e. The maximum Gasteiger partial charge on any atom is 0.425 e. The molecule has 1 aromatic carbocycles. The number of alkyl halides is 3. The van der Waals surface area contributed by atoms with Crippen molar-refractivity contribution in [3.05, 3.63) is 27.7 Å². The number of fused-ring (bicyclic) bond motifs is 1. The van der Waals surface area contributed by atoms with E-state index >= 15 is 0 Å². The Morgan fingerprint density at radius 3 is 2.74 bits per heavy atom. The lowest BCUT2D eigenvalue weighted by atomic mass is 9.99. The average Bonchev–Trinajstić information content (AvgIpc) is 2.26. The van der Waals surface area contributed by atoms with Crippen LogP contribution in [0.4, 0.5) is 13.2 Å². The first-order valence-corrected chi connectivity index (χ1v) is 6.42. The van der Waals surface area contributed by atoms with Gasteiger partial charge in [-0.05, 0) is 31.0 Å². The summed E-state index contributed by atoms with van der Waals surface area (Å²) in [6.45, 7) is 1.38. The van der Waals surface area contributed by atoms with Crippen molar-refractivity contribution < 1.29 is 22.7 Å². The molecule has 104 valence electrons. The van der Waals surface area contributed by atoms with E-state index in [4.69, 9.17) is 4.74 Å². The largest absolute Gasteiger partial charge is 0.480 e. The molecule has 1 aromatic rings. The first-order valence-electron chi connectivity index (χ1n) is 5.63. The second-order valence-corrected chi connectivity index (χ2v) is 5.16. The third-order valence-corrected chi connectivity index (χ3v) is 3.28. The second kappa shape index (κ2) is 5.03. The molecule has 0 aromatic heterocycles. The Kier molecular flexibility index (Phi) is 3.75. The van der Waals surface area contributed by atoms with Crippen molar-refractivity contribution in [2.45, 2.75) is 25.6 Å². The van der Waals surface area contributed by atoms with Crippen molar-refractivity contribution in [3.63, 3.8) is 0 Å². The summed E-state index contributed by atoms with van der Waals surface area (Å²) >= 11 is 3.21. The molecule has 0 spiro atoms. The van der Waals surface area contributed by atoms with E-state index in [0.717, 1.165) is 6.92 Å². The lowest BCUT2D eigenvalue weighted by molar-refractivity contribution is -0.189. The van der Waals surface area contributed by atoms with Crippen LogP contribution in [-0.4, -0.2) is 24.7 Å². The van der Waals surface area contributed by atoms with Crippen LogP contribution < -0.4 is 10.1 Å². The summed E-state index contributed by atoms with van der Waals surface area (Å²) in [5.74, 6) is -0.454. The van der Waals surface area contributed by atoms with Gasteiger partial charge in [0.1, 0.15) is 5.75 Å². The molecule has 0 saturated carbocycles. The van der Waals surface area contributed by atoms with Gasteiger partial charge >= 0.3 is 6.18 Å². The Labute approximate surface area is 116 Å². The van der Waals surface area contributed by atoms with Gasteiger partial charge in [-0.1, -0.05) is 15.9 Å². The number of halogens is 4. The summed E-state index contributed by atoms with van der Waals surface area (Å²) in [5.41, 5.74) is 0.869. The fraction of sp³-hybridized carbons (Fsp3) is 0.417. The predicted molar refractivity (Wildman–Crippen MR) is 66.3 cm³/mol. The number of nitrogens with one attached hydrogen (secondary N) is 1. The summed E-state index contributed by atoms with van der Waals surface area (Å²) in [7, 11) is 0. The van der Waals surface area contributed by atoms with Crippen LogP contribution in [0, 0.1) is 0 Å². The first kappa shape index (κ1) is 14.2. The highest BCUT2D eigenvalue weighted by atomic mass is 79.9. The van der Waals surface area contributed by atoms with Crippen molar-refractivity contribution in [1.29, 1.82) is 0 Å². The third-order valence-electron chi connectivity index (χ3n) is 2.82. The Bertz CT molecular complexity index is 516. The first-order chi connectivity index (χ1) is 8.79. The normalized spacial score (nSPS) is 16.6. The van der Waals surface area contributed by atoms with Crippen molar-refractivity contribution in [2.24, 2.45) is 0 Å². The number of hydrogen-bond donors (Lipinski definition) is 1. The Morgan fingerprint density at radius 1 is 1.42 bits per heavy atom. The van der Waals surface area contributed by atoms with Gasteiger partial charge in [0.05, 0.1) is 5.56 Å². The maximum atomic E-state index is 12.5. The van der Waals surface area contributed by atoms with Crippen LogP contribution >= 0.6 is 15.9 Å². The Balaban J connectivity index is 2.40. The van der Waals surface area contributed by atoms with Crippen molar-refractivity contribution >= 4 is 21.8 Å². The molecule has 1 aliphatic rings. The van der Waals surface area contributed by atoms with E-state index in [2.05, 4.69) is 21.2 Å². The van der Waals surface area contributed by atoms with Gasteiger partial charge < -0.3 is 10.1 Å². The lowest BCUT2D eigenvalue weighted by Gasteiger charge is -2.23. The predicted octanol–water partition coefficient (Wildman–Crippen LogP) is 3.06. The number of carbonyl (C=O) groups excluding carboxylic acids is 1. The van der Waals surface area contributed by atoms with Gasteiger partial charge in [-0.2, -0.15) is 13.2 Å². The van der Waals surface area contributed by atoms with E-state index in [1.165, 1.54) is 6.07 Å². The molecule has 3 nitrogen and oxygen atoms in total. The third kappa shape index (κ3) is 3.02. The Morgan fingerprint density at radius 2 is 2.11 bits per heavy atom. The van der Waals surface area contributed by atoms with Crippen molar-refractivity contribution in [2.75, 3.05) is 6.54 Å². The summed E-state index contributed by atoms with van der Waals surface area (Å²) in [5, 5.41) is 2.59. The van der Waals surface area contributed by atoms with Crippen LogP contribution in [0.3, 0.4) is 0 Å². The smallest absolute Gasteiger partial charge is 0.425 e. The fourth-order valence-electron chi connectivity index (χ4n) is 1.84. The molecule has 0 saturated heterocycles. The number of rotatable bonds is 2. The molecule has 0 aliphatic carbocycles. The lowest BCUT2D eigenvalue weighted by Crippen LogP contribution is -2.35. The maximum absolute atomic E-state index is 12.5. The van der Waals surface area contributed by atoms with Crippen LogP contribution in [0.15, 0.2) is 16.6 Å². The average molecular weight is 338 g/mol. The molecule has 0 radical (unpaired) electrons. The monoisotopic (exact) mass is 337 g/mol. The van der Waals surface area contributed by atoms with E-state index in [-0.39, 0.29) is 11.3 Å². The molecule has 0 unspecified atom stereocenters. The zero-order chi connectivity index (χ0) is 14.2. The van der Waals surface area contributed by atoms with Gasteiger partial charge in [0, 0.05) is 11.0 Å². The molecule has 19 heavy (non-hydrogen) atoms. The number of hydrogen-bond acceptors (Lipinski definition) is 2. The SMILES string of the molecule is C[C@H](Oc1cc(Br)cc2c1C(=O)NCC2)C(F)(F)F. The van der Waals surface area contributed by atoms with Gasteiger partial charge in [0.25, 0.3) is 5.91 Å². The van der Waals surface area contributed by atoms with Gasteiger partial charge in [0.15, 0.2) is 6.10 Å². The highest BCUT2D eigenvalue weighted by Gasteiger charge is 2.39. The van der Waals surface area contributed by atoms with Crippen LogP contribution in [0.2, 0.25) is 0 Å². The molecule has 1 amide bonds. The molecule has 1 N–H and O–H groups in total. The fourth-order valence-corrected chi connectivity index (χ4v) is 2.32. The van der Waals surface area contributed by atoms with E-state index < -0.39 is 18.2 Å². The highest BCUT2D eigenvalue weighted by Crippen LogP contribution is 2.33. The summed E-state index contributed by atoms with van der Waals surface area (Å²) in [4.78, 5) is 11.8. The number of carbonyl (C=O) groups is 1. The van der Waals surface area contributed by atoms with Gasteiger partial charge in [-0.25, -0.2) is 0 Å². The van der Waals surface area contributed by atoms with E-state index in [0.29, 0.717) is 23.0 Å². The van der Waals surface area contributed by atoms with Crippen LogP contribution in [0.1, 0.15) is 22.8 Å². The molecule has 1 heterocycles. The zero-order valence-corrected chi connectivity index (χ0v) is 11.6. The van der Waals surface area contributed by atoms with Gasteiger partial charge in [-0.3, -0.25) is 4.79 Å². The quantitative estimate of drug-likeness (QED) is 0.900. The molecule has 2 rings (SSSR count). The summed E-state index contributed by atoms with van der Waals surface area (Å²) in [6, 6.07) is 3.10. The van der Waals surface area contributed by atoms with Gasteiger partial charge in [-0.15, -0.1) is 0 Å². The number of benzene rings is 1. The molecular weight excluding hydrogens is 327 g/mol. The molecule has 1 atom stereocenters. The standard InChI is InChI=1S/C12H11BrF3NO2/c1-6(12(14,15)16)19-9-5-8(13)4-7-2-3-17-11(18)10(7)9/h4-6H,2-3H2,1H3,(H,17,18)/t6-/m0/s1. The Hall–Kier alpha value is -1.24. The summed E-state index contributed by atoms with van der Waals surface area (Å²) in [6.07, 6.45) is -5.88. The minimum absolute atomic E-state index is 0.0496. The van der Waals surface area contributed by atoms with Crippen LogP contribution in [0.25, 0.3) is 0 Å². The molecule has 0 fully saturated rings. The molecule has 7 heteroatoms. The van der Waals surface area contributed by atoms with Crippen LogP contribution in [-0.2, 0) is 6.42 Å². The van der Waals surface area contributed by atoms with E-state index in [1.807, 2.05) is 0 Å². The highest BCUT2D eigenvalue weighted by molar-refractivity contribution is 9.10. The zero-order valence-electron chi connectivity index (χ0n) is 9.97. The number of amides is 1.